The van der Waals surface area contributed by atoms with Gasteiger partial charge in [-0.25, -0.2) is 0 Å². The van der Waals surface area contributed by atoms with Crippen molar-refractivity contribution in [2.45, 2.75) is 18.4 Å². The van der Waals surface area contributed by atoms with Crippen molar-refractivity contribution in [1.82, 2.24) is 5.32 Å². The van der Waals surface area contributed by atoms with Crippen molar-refractivity contribution in [3.05, 3.63) is 70.2 Å². The van der Waals surface area contributed by atoms with E-state index < -0.39 is 0 Å². The molecule has 0 heterocycles. The van der Waals surface area contributed by atoms with E-state index in [9.17, 15) is 4.79 Å². The predicted octanol–water partition coefficient (Wildman–Crippen LogP) is 4.93. The number of halogens is 1. The Morgan fingerprint density at radius 2 is 1.75 bits per heavy atom. The minimum Gasteiger partial charge on any atom is -0.355 e. The number of rotatable bonds is 9. The van der Waals surface area contributed by atoms with Crippen LogP contribution in [0.15, 0.2) is 48.5 Å². The van der Waals surface area contributed by atoms with Crippen molar-refractivity contribution >= 4 is 41.0 Å². The molecule has 0 saturated carbocycles. The van der Waals surface area contributed by atoms with Gasteiger partial charge >= 0.3 is 0 Å². The number of amides is 1. The molecule has 0 atom stereocenters. The van der Waals surface area contributed by atoms with Crippen LogP contribution in [0.3, 0.4) is 0 Å². The maximum atomic E-state index is 11.8. The summed E-state index contributed by atoms with van der Waals surface area (Å²) in [7, 11) is 0. The molecule has 2 rings (SSSR count). The van der Waals surface area contributed by atoms with E-state index in [1.165, 1.54) is 11.1 Å². The Labute approximate surface area is 157 Å². The number of hydrogen-bond acceptors (Lipinski definition) is 3. The van der Waals surface area contributed by atoms with Gasteiger partial charge in [-0.1, -0.05) is 53.6 Å². The molecule has 0 bridgehead atoms. The van der Waals surface area contributed by atoms with E-state index in [0.717, 1.165) is 27.8 Å². The summed E-state index contributed by atoms with van der Waals surface area (Å²) in [4.78, 5) is 11.8. The summed E-state index contributed by atoms with van der Waals surface area (Å²) >= 11 is 9.40. The van der Waals surface area contributed by atoms with Gasteiger partial charge in [0.2, 0.25) is 5.91 Å². The van der Waals surface area contributed by atoms with Gasteiger partial charge in [-0.3, -0.25) is 4.79 Å². The number of carbonyl (C=O) groups excluding carboxylic acids is 1. The van der Waals surface area contributed by atoms with E-state index >= 15 is 0 Å². The Balaban J connectivity index is 1.53. The van der Waals surface area contributed by atoms with E-state index in [4.69, 9.17) is 11.6 Å². The van der Waals surface area contributed by atoms with Crippen molar-refractivity contribution in [1.29, 1.82) is 0 Å². The van der Waals surface area contributed by atoms with Gasteiger partial charge in [0.05, 0.1) is 5.75 Å². The Hall–Kier alpha value is -1.10. The van der Waals surface area contributed by atoms with Crippen molar-refractivity contribution in [3.8, 4) is 0 Å². The number of thioether (sulfide) groups is 2. The third-order valence-electron chi connectivity index (χ3n) is 3.31. The summed E-state index contributed by atoms with van der Waals surface area (Å²) in [6, 6.07) is 16.3. The van der Waals surface area contributed by atoms with Gasteiger partial charge in [-0.05, 0) is 30.2 Å². The predicted molar refractivity (Wildman–Crippen MR) is 108 cm³/mol. The molecule has 0 aromatic heterocycles. The first-order valence-electron chi connectivity index (χ1n) is 7.85. The van der Waals surface area contributed by atoms with E-state index in [1.54, 1.807) is 11.8 Å². The normalized spacial score (nSPS) is 10.6. The molecule has 1 amide bonds. The average molecular weight is 380 g/mol. The molecule has 24 heavy (non-hydrogen) atoms. The molecule has 0 fully saturated rings. The standard InChI is InChI=1S/C19H22ClNOS2/c1-15-4-2-5-16(10-15)12-23-9-8-21-19(22)14-24-13-17-6-3-7-18(20)11-17/h2-7,10-11H,8-9,12-14H2,1H3,(H,21,22). The molecule has 0 unspecified atom stereocenters. The average Bonchev–Trinajstić information content (AvgIpc) is 2.55. The van der Waals surface area contributed by atoms with Crippen LogP contribution in [-0.4, -0.2) is 24.0 Å². The molecule has 2 aromatic rings. The third kappa shape index (κ3) is 7.65. The fourth-order valence-electron chi connectivity index (χ4n) is 2.19. The van der Waals surface area contributed by atoms with Crippen LogP contribution in [0.1, 0.15) is 16.7 Å². The minimum atomic E-state index is 0.0955. The van der Waals surface area contributed by atoms with E-state index in [1.807, 2.05) is 36.0 Å². The molecule has 1 N–H and O–H groups in total. The number of hydrogen-bond donors (Lipinski definition) is 1. The first-order chi connectivity index (χ1) is 11.6. The molecule has 0 spiro atoms. The van der Waals surface area contributed by atoms with Crippen LogP contribution in [0.25, 0.3) is 0 Å². The molecule has 128 valence electrons. The van der Waals surface area contributed by atoms with Crippen molar-refractivity contribution in [3.63, 3.8) is 0 Å². The zero-order chi connectivity index (χ0) is 17.2. The number of carbonyl (C=O) groups is 1. The second kappa shape index (κ2) is 10.7. The quantitative estimate of drug-likeness (QED) is 0.626. The van der Waals surface area contributed by atoms with E-state index in [-0.39, 0.29) is 5.91 Å². The lowest BCUT2D eigenvalue weighted by atomic mass is 10.2. The maximum absolute atomic E-state index is 11.8. The number of nitrogens with one attached hydrogen (secondary N) is 1. The van der Waals surface area contributed by atoms with Gasteiger partial charge in [0.15, 0.2) is 0 Å². The molecule has 0 aliphatic rings. The zero-order valence-electron chi connectivity index (χ0n) is 13.8. The van der Waals surface area contributed by atoms with Crippen LogP contribution in [0.2, 0.25) is 5.02 Å². The van der Waals surface area contributed by atoms with Crippen LogP contribution in [0.4, 0.5) is 0 Å². The first-order valence-corrected chi connectivity index (χ1v) is 10.5. The van der Waals surface area contributed by atoms with E-state index in [2.05, 4.69) is 36.5 Å². The molecular weight excluding hydrogens is 358 g/mol. The Morgan fingerprint density at radius 1 is 1.04 bits per heavy atom. The molecule has 0 radical (unpaired) electrons. The van der Waals surface area contributed by atoms with Crippen molar-refractivity contribution in [2.75, 3.05) is 18.1 Å². The Morgan fingerprint density at radius 3 is 2.50 bits per heavy atom. The van der Waals surface area contributed by atoms with Crippen LogP contribution >= 0.6 is 35.1 Å². The second-order valence-electron chi connectivity index (χ2n) is 5.51. The van der Waals surface area contributed by atoms with Gasteiger partial charge in [-0.2, -0.15) is 11.8 Å². The number of aryl methyl sites for hydroxylation is 1. The molecular formula is C19H22ClNOS2. The summed E-state index contributed by atoms with van der Waals surface area (Å²) in [5.41, 5.74) is 3.77. The Bertz CT molecular complexity index is 663. The first kappa shape index (κ1) is 19.2. The van der Waals surface area contributed by atoms with Crippen LogP contribution in [0.5, 0.6) is 0 Å². The molecule has 2 aromatic carbocycles. The smallest absolute Gasteiger partial charge is 0.230 e. The van der Waals surface area contributed by atoms with Gasteiger partial charge in [-0.15, -0.1) is 11.8 Å². The maximum Gasteiger partial charge on any atom is 0.230 e. The summed E-state index contributed by atoms with van der Waals surface area (Å²) in [5.74, 6) is 3.29. The monoisotopic (exact) mass is 379 g/mol. The number of benzene rings is 2. The van der Waals surface area contributed by atoms with Gasteiger partial charge in [0.1, 0.15) is 0 Å². The fraction of sp³-hybridized carbons (Fsp3) is 0.316. The van der Waals surface area contributed by atoms with Crippen LogP contribution < -0.4 is 5.32 Å². The largest absolute Gasteiger partial charge is 0.355 e. The van der Waals surface area contributed by atoms with Crippen molar-refractivity contribution in [2.24, 2.45) is 0 Å². The van der Waals surface area contributed by atoms with Gasteiger partial charge < -0.3 is 5.32 Å². The van der Waals surface area contributed by atoms with Crippen LogP contribution in [-0.2, 0) is 16.3 Å². The molecule has 5 heteroatoms. The third-order valence-corrected chi connectivity index (χ3v) is 5.58. The highest BCUT2D eigenvalue weighted by atomic mass is 35.5. The summed E-state index contributed by atoms with van der Waals surface area (Å²) in [6.45, 7) is 2.82. The SMILES string of the molecule is Cc1cccc(CSCCNC(=O)CSCc2cccc(Cl)c2)c1. The zero-order valence-corrected chi connectivity index (χ0v) is 16.1. The lowest BCUT2D eigenvalue weighted by Crippen LogP contribution is -2.27. The molecule has 0 saturated heterocycles. The molecule has 2 nitrogen and oxygen atoms in total. The van der Waals surface area contributed by atoms with Gasteiger partial charge in [0.25, 0.3) is 0 Å². The highest BCUT2D eigenvalue weighted by Crippen LogP contribution is 2.16. The van der Waals surface area contributed by atoms with Crippen LogP contribution in [0, 0.1) is 6.92 Å². The van der Waals surface area contributed by atoms with Crippen molar-refractivity contribution < 1.29 is 4.79 Å². The Kier molecular flexibility index (Phi) is 8.57. The highest BCUT2D eigenvalue weighted by molar-refractivity contribution is 7.99. The fourth-order valence-corrected chi connectivity index (χ4v) is 4.02. The topological polar surface area (TPSA) is 29.1 Å². The highest BCUT2D eigenvalue weighted by Gasteiger charge is 2.02. The molecule has 0 aliphatic carbocycles. The van der Waals surface area contributed by atoms with E-state index in [0.29, 0.717) is 12.3 Å². The lowest BCUT2D eigenvalue weighted by Gasteiger charge is -2.06. The van der Waals surface area contributed by atoms with Gasteiger partial charge in [0, 0.05) is 28.8 Å². The summed E-state index contributed by atoms with van der Waals surface area (Å²) < 4.78 is 0. The molecule has 0 aliphatic heterocycles. The lowest BCUT2D eigenvalue weighted by molar-refractivity contribution is -0.118. The second-order valence-corrected chi connectivity index (χ2v) is 8.04. The summed E-state index contributed by atoms with van der Waals surface area (Å²) in [6.07, 6.45) is 0. The summed E-state index contributed by atoms with van der Waals surface area (Å²) in [5, 5.41) is 3.71. The minimum absolute atomic E-state index is 0.0955.